The molecule has 7 heteroatoms. The van der Waals surface area contributed by atoms with Crippen molar-refractivity contribution in [2.75, 3.05) is 11.9 Å². The summed E-state index contributed by atoms with van der Waals surface area (Å²) in [5, 5.41) is 6.05. The first-order valence-electron chi connectivity index (χ1n) is 9.47. The second kappa shape index (κ2) is 11.4. The molecule has 1 aromatic carbocycles. The van der Waals surface area contributed by atoms with Crippen molar-refractivity contribution >= 4 is 41.7 Å². The molecule has 0 aromatic heterocycles. The van der Waals surface area contributed by atoms with Gasteiger partial charge in [-0.05, 0) is 57.7 Å². The number of nitrogens with one attached hydrogen (secondary N) is 2. The molecule has 0 bridgehead atoms. The molecule has 4 N–H and O–H groups in total. The van der Waals surface area contributed by atoms with E-state index >= 15 is 0 Å². The Morgan fingerprint density at radius 2 is 1.81 bits per heavy atom. The minimum Gasteiger partial charge on any atom is -0.444 e. The number of anilines is 1. The van der Waals surface area contributed by atoms with Gasteiger partial charge in [0.05, 0.1) is 0 Å². The fourth-order valence-corrected chi connectivity index (χ4v) is 2.98. The smallest absolute Gasteiger partial charge is 0.412 e. The maximum atomic E-state index is 11.8. The van der Waals surface area contributed by atoms with Gasteiger partial charge in [-0.1, -0.05) is 31.4 Å². The first-order valence-corrected chi connectivity index (χ1v) is 9.47. The van der Waals surface area contributed by atoms with Crippen LogP contribution in [0.3, 0.4) is 0 Å². The first-order chi connectivity index (χ1) is 12.3. The summed E-state index contributed by atoms with van der Waals surface area (Å²) in [6, 6.07) is 8.17. The lowest BCUT2D eigenvalue weighted by Crippen LogP contribution is -2.41. The molecule has 0 spiro atoms. The summed E-state index contributed by atoms with van der Waals surface area (Å²) in [4.78, 5) is 16.2. The molecule has 1 saturated carbocycles. The molecule has 1 fully saturated rings. The third-order valence-electron chi connectivity index (χ3n) is 4.24. The van der Waals surface area contributed by atoms with E-state index in [4.69, 9.17) is 10.5 Å². The molecule has 2 rings (SSSR count). The monoisotopic (exact) mass is 488 g/mol. The molecule has 27 heavy (non-hydrogen) atoms. The SMILES string of the molecule is CC(C)(C)OC(=O)Nc1ccc(CCN=C(N)NC2CCCCC2)cc1.I. The van der Waals surface area contributed by atoms with Gasteiger partial charge in [0.25, 0.3) is 0 Å². The number of guanidine groups is 1. The van der Waals surface area contributed by atoms with Crippen LogP contribution in [-0.4, -0.2) is 30.2 Å². The van der Waals surface area contributed by atoms with Crippen molar-refractivity contribution in [1.82, 2.24) is 5.32 Å². The van der Waals surface area contributed by atoms with Crippen molar-refractivity contribution in [1.29, 1.82) is 0 Å². The minimum atomic E-state index is -0.506. The predicted octanol–water partition coefficient (Wildman–Crippen LogP) is 4.43. The molecule has 6 nitrogen and oxygen atoms in total. The average molecular weight is 488 g/mol. The Labute approximate surface area is 179 Å². The fraction of sp³-hybridized carbons (Fsp3) is 0.600. The van der Waals surface area contributed by atoms with Gasteiger partial charge in [-0.2, -0.15) is 0 Å². The zero-order chi connectivity index (χ0) is 19.0. The van der Waals surface area contributed by atoms with Gasteiger partial charge in [0, 0.05) is 18.3 Å². The fourth-order valence-electron chi connectivity index (χ4n) is 2.98. The van der Waals surface area contributed by atoms with E-state index < -0.39 is 11.7 Å². The number of nitrogens with two attached hydrogens (primary N) is 1. The van der Waals surface area contributed by atoms with E-state index in [2.05, 4.69) is 15.6 Å². The van der Waals surface area contributed by atoms with Crippen LogP contribution >= 0.6 is 24.0 Å². The van der Waals surface area contributed by atoms with E-state index in [-0.39, 0.29) is 24.0 Å². The Bertz CT molecular complexity index is 605. The van der Waals surface area contributed by atoms with Crippen LogP contribution in [0.4, 0.5) is 10.5 Å². The van der Waals surface area contributed by atoms with Gasteiger partial charge < -0.3 is 15.8 Å². The minimum absolute atomic E-state index is 0. The highest BCUT2D eigenvalue weighted by Gasteiger charge is 2.16. The number of ether oxygens (including phenoxy) is 1. The molecule has 1 aliphatic carbocycles. The molecule has 1 aliphatic rings. The van der Waals surface area contributed by atoms with Crippen LogP contribution in [-0.2, 0) is 11.2 Å². The van der Waals surface area contributed by atoms with E-state index in [1.54, 1.807) is 0 Å². The lowest BCUT2D eigenvalue weighted by Gasteiger charge is -2.23. The number of carbonyl (C=O) groups is 1. The van der Waals surface area contributed by atoms with Gasteiger partial charge in [-0.3, -0.25) is 10.3 Å². The molecule has 0 atom stereocenters. The van der Waals surface area contributed by atoms with E-state index in [0.29, 0.717) is 24.2 Å². The highest BCUT2D eigenvalue weighted by Crippen LogP contribution is 2.17. The third-order valence-corrected chi connectivity index (χ3v) is 4.24. The summed E-state index contributed by atoms with van der Waals surface area (Å²) in [5.74, 6) is 0.542. The molecule has 0 heterocycles. The van der Waals surface area contributed by atoms with E-state index in [1.165, 1.54) is 32.1 Å². The summed E-state index contributed by atoms with van der Waals surface area (Å²) in [7, 11) is 0. The van der Waals surface area contributed by atoms with Crippen molar-refractivity contribution in [2.45, 2.75) is 70.9 Å². The van der Waals surface area contributed by atoms with Crippen LogP contribution in [0, 0.1) is 0 Å². The van der Waals surface area contributed by atoms with Crippen LogP contribution in [0.25, 0.3) is 0 Å². The lowest BCUT2D eigenvalue weighted by molar-refractivity contribution is 0.0636. The summed E-state index contributed by atoms with van der Waals surface area (Å²) < 4.78 is 5.24. The van der Waals surface area contributed by atoms with Crippen molar-refractivity contribution in [2.24, 2.45) is 10.7 Å². The van der Waals surface area contributed by atoms with Gasteiger partial charge in [0.15, 0.2) is 5.96 Å². The zero-order valence-corrected chi connectivity index (χ0v) is 18.9. The number of hydrogen-bond acceptors (Lipinski definition) is 3. The zero-order valence-electron chi connectivity index (χ0n) is 16.6. The van der Waals surface area contributed by atoms with Crippen molar-refractivity contribution < 1.29 is 9.53 Å². The Kier molecular flexibility index (Phi) is 9.90. The molecular weight excluding hydrogens is 455 g/mol. The second-order valence-corrected chi connectivity index (χ2v) is 7.82. The van der Waals surface area contributed by atoms with Crippen molar-refractivity contribution in [3.05, 3.63) is 29.8 Å². The number of carbonyl (C=O) groups excluding carboxylic acids is 1. The first kappa shape index (κ1) is 23.5. The van der Waals surface area contributed by atoms with Gasteiger partial charge in [-0.25, -0.2) is 4.79 Å². The van der Waals surface area contributed by atoms with E-state index in [9.17, 15) is 4.79 Å². The highest BCUT2D eigenvalue weighted by molar-refractivity contribution is 14.0. The van der Waals surface area contributed by atoms with Gasteiger partial charge in [-0.15, -0.1) is 24.0 Å². The number of rotatable bonds is 5. The normalized spacial score (nSPS) is 15.6. The summed E-state index contributed by atoms with van der Waals surface area (Å²) >= 11 is 0. The molecule has 0 unspecified atom stereocenters. The number of hydrogen-bond donors (Lipinski definition) is 3. The molecule has 1 aromatic rings. The Morgan fingerprint density at radius 1 is 1.19 bits per heavy atom. The van der Waals surface area contributed by atoms with Crippen LogP contribution in [0.5, 0.6) is 0 Å². The van der Waals surface area contributed by atoms with Crippen molar-refractivity contribution in [3.8, 4) is 0 Å². The topological polar surface area (TPSA) is 88.7 Å². The van der Waals surface area contributed by atoms with Crippen LogP contribution in [0.2, 0.25) is 0 Å². The largest absolute Gasteiger partial charge is 0.444 e. The van der Waals surface area contributed by atoms with Gasteiger partial charge in [0.2, 0.25) is 0 Å². The van der Waals surface area contributed by atoms with E-state index in [1.807, 2.05) is 45.0 Å². The molecule has 1 amide bonds. The maximum Gasteiger partial charge on any atom is 0.412 e. The van der Waals surface area contributed by atoms with E-state index in [0.717, 1.165) is 12.0 Å². The molecular formula is C20H33IN4O2. The van der Waals surface area contributed by atoms with Crippen LogP contribution in [0.1, 0.15) is 58.4 Å². The second-order valence-electron chi connectivity index (χ2n) is 7.82. The average Bonchev–Trinajstić information content (AvgIpc) is 2.55. The molecule has 0 saturated heterocycles. The molecule has 0 aliphatic heterocycles. The quantitative estimate of drug-likeness (QED) is 0.325. The standard InChI is InChI=1S/C20H32N4O2.HI/c1-20(2,3)26-19(25)24-17-11-9-15(10-12-17)13-14-22-18(21)23-16-7-5-4-6-8-16;/h9-12,16H,4-8,13-14H2,1-3H3,(H,24,25)(H3,21,22,23);1H. The Morgan fingerprint density at radius 3 is 2.41 bits per heavy atom. The van der Waals surface area contributed by atoms with Crippen molar-refractivity contribution in [3.63, 3.8) is 0 Å². The number of halogens is 1. The third kappa shape index (κ3) is 9.83. The number of aliphatic imine (C=N–C) groups is 1. The van der Waals surface area contributed by atoms with Crippen LogP contribution in [0.15, 0.2) is 29.3 Å². The Balaban J connectivity index is 0.00000364. The lowest BCUT2D eigenvalue weighted by atomic mass is 9.96. The summed E-state index contributed by atoms with van der Waals surface area (Å²) in [5.41, 5.74) is 7.33. The van der Waals surface area contributed by atoms with Crippen LogP contribution < -0.4 is 16.4 Å². The highest BCUT2D eigenvalue weighted by atomic mass is 127. The molecule has 152 valence electrons. The predicted molar refractivity (Wildman–Crippen MR) is 122 cm³/mol. The summed E-state index contributed by atoms with van der Waals surface area (Å²) in [6.45, 7) is 6.16. The maximum absolute atomic E-state index is 11.8. The van der Waals surface area contributed by atoms with Gasteiger partial charge >= 0.3 is 6.09 Å². The number of amides is 1. The summed E-state index contributed by atoms with van der Waals surface area (Å²) in [6.07, 6.45) is 6.60. The number of benzene rings is 1. The Hall–Kier alpha value is -1.51. The number of nitrogens with zero attached hydrogens (tertiary/aromatic N) is 1. The molecule has 0 radical (unpaired) electrons. The van der Waals surface area contributed by atoms with Gasteiger partial charge in [0.1, 0.15) is 5.60 Å².